The Morgan fingerprint density at radius 3 is 2.60 bits per heavy atom. The van der Waals surface area contributed by atoms with Crippen LogP contribution in [0.3, 0.4) is 0 Å². The third kappa shape index (κ3) is 1.53. The number of rotatable bonds is 2. The summed E-state index contributed by atoms with van der Waals surface area (Å²) in [5.74, 6) is 0. The minimum atomic E-state index is 0.307. The van der Waals surface area contributed by atoms with Gasteiger partial charge in [-0.15, -0.1) is 0 Å². The van der Waals surface area contributed by atoms with Gasteiger partial charge in [0.1, 0.15) is 0 Å². The summed E-state index contributed by atoms with van der Waals surface area (Å²) in [4.78, 5) is 2.67. The Balaban J connectivity index is 1.88. The van der Waals surface area contributed by atoms with Gasteiger partial charge in [0.15, 0.2) is 0 Å². The molecular formula is C19H21N. The fraction of sp³-hybridized carbons (Fsp3) is 0.368. The molecule has 1 fully saturated rings. The van der Waals surface area contributed by atoms with E-state index in [0.29, 0.717) is 11.5 Å². The van der Waals surface area contributed by atoms with Crippen molar-refractivity contribution in [3.05, 3.63) is 71.3 Å². The molecule has 102 valence electrons. The molecule has 1 aliphatic carbocycles. The zero-order valence-corrected chi connectivity index (χ0v) is 12.0. The van der Waals surface area contributed by atoms with Crippen molar-refractivity contribution >= 4 is 0 Å². The summed E-state index contributed by atoms with van der Waals surface area (Å²) in [6.45, 7) is 4.67. The van der Waals surface area contributed by atoms with Crippen LogP contribution >= 0.6 is 0 Å². The second kappa shape index (κ2) is 4.46. The van der Waals surface area contributed by atoms with Gasteiger partial charge in [-0.3, -0.25) is 4.90 Å². The van der Waals surface area contributed by atoms with Crippen LogP contribution in [0.1, 0.15) is 36.1 Å². The molecule has 0 saturated carbocycles. The van der Waals surface area contributed by atoms with Crippen LogP contribution in [0.15, 0.2) is 54.6 Å². The molecule has 0 bridgehead atoms. The molecule has 0 amide bonds. The van der Waals surface area contributed by atoms with E-state index in [1.807, 2.05) is 0 Å². The van der Waals surface area contributed by atoms with Crippen molar-refractivity contribution in [2.75, 3.05) is 13.1 Å². The van der Waals surface area contributed by atoms with Gasteiger partial charge in [0.25, 0.3) is 0 Å². The molecule has 4 rings (SSSR count). The van der Waals surface area contributed by atoms with Crippen molar-refractivity contribution in [1.82, 2.24) is 4.90 Å². The lowest BCUT2D eigenvalue weighted by atomic mass is 9.74. The highest BCUT2D eigenvalue weighted by Crippen LogP contribution is 2.56. The maximum atomic E-state index is 2.67. The van der Waals surface area contributed by atoms with Gasteiger partial charge < -0.3 is 0 Å². The average molecular weight is 263 g/mol. The first-order chi connectivity index (χ1) is 9.85. The van der Waals surface area contributed by atoms with E-state index in [4.69, 9.17) is 0 Å². The van der Waals surface area contributed by atoms with Gasteiger partial charge in [-0.2, -0.15) is 0 Å². The SMILES string of the molecule is CCN1CC[C@]2(c3ccccc3)Cc3ccccc3[C@H]12. The van der Waals surface area contributed by atoms with Crippen molar-refractivity contribution in [3.8, 4) is 0 Å². The van der Waals surface area contributed by atoms with E-state index in [1.165, 1.54) is 24.9 Å². The molecule has 2 atom stereocenters. The van der Waals surface area contributed by atoms with Crippen molar-refractivity contribution < 1.29 is 0 Å². The molecule has 0 radical (unpaired) electrons. The van der Waals surface area contributed by atoms with Crippen LogP contribution in [0.4, 0.5) is 0 Å². The van der Waals surface area contributed by atoms with Gasteiger partial charge >= 0.3 is 0 Å². The lowest BCUT2D eigenvalue weighted by Crippen LogP contribution is -2.32. The Kier molecular flexibility index (Phi) is 2.71. The standard InChI is InChI=1S/C19H21N/c1-2-20-13-12-19(16-9-4-3-5-10-16)14-15-8-6-7-11-17(15)18(19)20/h3-11,18H,2,12-14H2,1H3/t18-,19+/m0/s1. The number of fused-ring (bicyclic) bond motifs is 3. The van der Waals surface area contributed by atoms with Crippen molar-refractivity contribution in [3.63, 3.8) is 0 Å². The molecule has 0 spiro atoms. The smallest absolute Gasteiger partial charge is 0.0451 e. The quantitative estimate of drug-likeness (QED) is 0.793. The number of hydrogen-bond acceptors (Lipinski definition) is 1. The first-order valence-corrected chi connectivity index (χ1v) is 7.72. The molecule has 1 heterocycles. The van der Waals surface area contributed by atoms with Crippen molar-refractivity contribution in [2.24, 2.45) is 0 Å². The summed E-state index contributed by atoms with van der Waals surface area (Å²) < 4.78 is 0. The van der Waals surface area contributed by atoms with Gasteiger partial charge in [-0.05, 0) is 42.6 Å². The van der Waals surface area contributed by atoms with Crippen LogP contribution in [-0.2, 0) is 11.8 Å². The zero-order valence-electron chi connectivity index (χ0n) is 12.0. The third-order valence-electron chi connectivity index (χ3n) is 5.34. The van der Waals surface area contributed by atoms with Crippen LogP contribution in [-0.4, -0.2) is 18.0 Å². The number of hydrogen-bond donors (Lipinski definition) is 0. The van der Waals surface area contributed by atoms with Gasteiger partial charge in [0, 0.05) is 11.5 Å². The van der Waals surface area contributed by atoms with Crippen molar-refractivity contribution in [1.29, 1.82) is 0 Å². The van der Waals surface area contributed by atoms with Crippen molar-refractivity contribution in [2.45, 2.75) is 31.2 Å². The summed E-state index contributed by atoms with van der Waals surface area (Å²) in [6.07, 6.45) is 2.48. The normalized spacial score (nSPS) is 28.4. The first kappa shape index (κ1) is 12.2. The van der Waals surface area contributed by atoms with Crippen LogP contribution in [0.5, 0.6) is 0 Å². The van der Waals surface area contributed by atoms with Gasteiger partial charge in [-0.25, -0.2) is 0 Å². The second-order valence-corrected chi connectivity index (χ2v) is 6.18. The van der Waals surface area contributed by atoms with Crippen LogP contribution < -0.4 is 0 Å². The molecule has 2 aromatic rings. The molecule has 2 aromatic carbocycles. The molecule has 0 N–H and O–H groups in total. The van der Waals surface area contributed by atoms with E-state index in [0.717, 1.165) is 6.54 Å². The summed E-state index contributed by atoms with van der Waals surface area (Å²) >= 11 is 0. The molecule has 1 saturated heterocycles. The largest absolute Gasteiger partial charge is 0.296 e. The molecule has 1 heteroatoms. The minimum Gasteiger partial charge on any atom is -0.296 e. The molecule has 1 nitrogen and oxygen atoms in total. The maximum absolute atomic E-state index is 2.67. The summed E-state index contributed by atoms with van der Waals surface area (Å²) in [5.41, 5.74) is 4.95. The predicted octanol–water partition coefficient (Wildman–Crippen LogP) is 3.95. The lowest BCUT2D eigenvalue weighted by molar-refractivity contribution is 0.231. The molecule has 0 unspecified atom stereocenters. The van der Waals surface area contributed by atoms with E-state index in [9.17, 15) is 0 Å². The lowest BCUT2D eigenvalue weighted by Gasteiger charge is -2.33. The van der Waals surface area contributed by atoms with Gasteiger partial charge in [0.05, 0.1) is 0 Å². The monoisotopic (exact) mass is 263 g/mol. The Hall–Kier alpha value is -1.60. The predicted molar refractivity (Wildman–Crippen MR) is 82.9 cm³/mol. The minimum absolute atomic E-state index is 0.307. The second-order valence-electron chi connectivity index (χ2n) is 6.18. The number of likely N-dealkylation sites (tertiary alicyclic amines) is 1. The van der Waals surface area contributed by atoms with Crippen LogP contribution in [0.2, 0.25) is 0 Å². The molecular weight excluding hydrogens is 242 g/mol. The van der Waals surface area contributed by atoms with E-state index >= 15 is 0 Å². The average Bonchev–Trinajstić information content (AvgIpc) is 3.03. The summed E-state index contributed by atoms with van der Waals surface area (Å²) in [5, 5.41) is 0. The van der Waals surface area contributed by atoms with Gasteiger partial charge in [0.2, 0.25) is 0 Å². The number of likely N-dealkylation sites (N-methyl/N-ethyl adjacent to an activating group) is 1. The van der Waals surface area contributed by atoms with Crippen LogP contribution in [0.25, 0.3) is 0 Å². The molecule has 1 aliphatic heterocycles. The van der Waals surface area contributed by atoms with E-state index in [1.54, 1.807) is 11.1 Å². The number of nitrogens with zero attached hydrogens (tertiary/aromatic N) is 1. The molecule has 20 heavy (non-hydrogen) atoms. The Labute approximate surface area is 121 Å². The highest BCUT2D eigenvalue weighted by molar-refractivity contribution is 5.47. The molecule has 2 aliphatic rings. The Bertz CT molecular complexity index is 619. The van der Waals surface area contributed by atoms with E-state index in [2.05, 4.69) is 66.4 Å². The highest BCUT2D eigenvalue weighted by Gasteiger charge is 2.53. The summed E-state index contributed by atoms with van der Waals surface area (Å²) in [6, 6.07) is 20.8. The molecule has 0 aromatic heterocycles. The summed E-state index contributed by atoms with van der Waals surface area (Å²) in [7, 11) is 0. The Morgan fingerprint density at radius 1 is 1.05 bits per heavy atom. The number of benzene rings is 2. The zero-order chi connectivity index (χ0) is 13.6. The first-order valence-electron chi connectivity index (χ1n) is 7.72. The van der Waals surface area contributed by atoms with Gasteiger partial charge in [-0.1, -0.05) is 61.5 Å². The highest BCUT2D eigenvalue weighted by atomic mass is 15.2. The maximum Gasteiger partial charge on any atom is 0.0451 e. The third-order valence-corrected chi connectivity index (χ3v) is 5.34. The van der Waals surface area contributed by atoms with E-state index < -0.39 is 0 Å². The topological polar surface area (TPSA) is 3.24 Å². The fourth-order valence-corrected chi connectivity index (χ4v) is 4.45. The van der Waals surface area contributed by atoms with E-state index in [-0.39, 0.29) is 0 Å². The Morgan fingerprint density at radius 2 is 1.80 bits per heavy atom. The van der Waals surface area contributed by atoms with Crippen LogP contribution in [0, 0.1) is 0 Å². The fourth-order valence-electron chi connectivity index (χ4n) is 4.45.